The van der Waals surface area contributed by atoms with Crippen LogP contribution in [0.4, 0.5) is 0 Å². The molecule has 0 spiro atoms. The molecule has 0 heterocycles. The summed E-state index contributed by atoms with van der Waals surface area (Å²) in [4.78, 5) is 0.462. The van der Waals surface area contributed by atoms with Gasteiger partial charge in [0.2, 0.25) is 0 Å². The van der Waals surface area contributed by atoms with Gasteiger partial charge in [-0.25, -0.2) is 8.42 Å². The minimum Gasteiger partial charge on any atom is -0.317 e. The summed E-state index contributed by atoms with van der Waals surface area (Å²) in [6.45, 7) is 7.60. The number of hydrogen-bond acceptors (Lipinski definition) is 3. The van der Waals surface area contributed by atoms with Crippen LogP contribution in [0.3, 0.4) is 0 Å². The molecule has 1 N–H and O–H groups in total. The van der Waals surface area contributed by atoms with Crippen molar-refractivity contribution in [3.05, 3.63) is 29.3 Å². The molecule has 0 fully saturated rings. The Hall–Kier alpha value is -0.870. The van der Waals surface area contributed by atoms with Crippen molar-refractivity contribution in [1.82, 2.24) is 5.32 Å². The molecule has 0 bridgehead atoms. The number of aryl methyl sites for hydroxylation is 2. The second-order valence-corrected chi connectivity index (χ2v) is 7.38. The van der Waals surface area contributed by atoms with Gasteiger partial charge in [-0.15, -0.1) is 0 Å². The topological polar surface area (TPSA) is 46.2 Å². The van der Waals surface area contributed by atoms with Crippen molar-refractivity contribution in [2.75, 3.05) is 7.05 Å². The Morgan fingerprint density at radius 3 is 2.33 bits per heavy atom. The Kier molecular flexibility index (Phi) is 4.93. The maximum absolute atomic E-state index is 12.5. The van der Waals surface area contributed by atoms with Gasteiger partial charge >= 0.3 is 0 Å². The standard InChI is InChI=1S/C14H23NO2S/c1-10-6-7-14(11(2)8-10)18(16,17)13(4)9-12(3)15-5/h6-8,12-13,15H,9H2,1-5H3. The summed E-state index contributed by atoms with van der Waals surface area (Å²) >= 11 is 0. The van der Waals surface area contributed by atoms with Gasteiger partial charge in [-0.05, 0) is 52.8 Å². The molecule has 102 valence electrons. The highest BCUT2D eigenvalue weighted by Gasteiger charge is 2.25. The molecular weight excluding hydrogens is 246 g/mol. The molecule has 1 aromatic rings. The molecule has 0 aliphatic heterocycles. The number of sulfone groups is 1. The normalized spacial score (nSPS) is 15.4. The molecule has 1 rings (SSSR count). The van der Waals surface area contributed by atoms with Crippen LogP contribution in [0.1, 0.15) is 31.4 Å². The SMILES string of the molecule is CNC(C)CC(C)S(=O)(=O)c1ccc(C)cc1C. The lowest BCUT2D eigenvalue weighted by molar-refractivity contribution is 0.530. The van der Waals surface area contributed by atoms with Crippen molar-refractivity contribution in [1.29, 1.82) is 0 Å². The number of hydrogen-bond donors (Lipinski definition) is 1. The molecule has 4 heteroatoms. The summed E-state index contributed by atoms with van der Waals surface area (Å²) in [5.41, 5.74) is 1.92. The molecule has 18 heavy (non-hydrogen) atoms. The van der Waals surface area contributed by atoms with Crippen molar-refractivity contribution < 1.29 is 8.42 Å². The van der Waals surface area contributed by atoms with E-state index in [1.54, 1.807) is 13.0 Å². The molecule has 1 aromatic carbocycles. The number of rotatable bonds is 5. The van der Waals surface area contributed by atoms with Crippen LogP contribution in [-0.4, -0.2) is 26.8 Å². The summed E-state index contributed by atoms with van der Waals surface area (Å²) in [7, 11) is -1.38. The second-order valence-electron chi connectivity index (χ2n) is 5.05. The summed E-state index contributed by atoms with van der Waals surface area (Å²) in [5.74, 6) is 0. The molecule has 3 nitrogen and oxygen atoms in total. The highest BCUT2D eigenvalue weighted by Crippen LogP contribution is 2.23. The summed E-state index contributed by atoms with van der Waals surface area (Å²) in [6, 6.07) is 5.69. The van der Waals surface area contributed by atoms with Crippen molar-refractivity contribution in [3.63, 3.8) is 0 Å². The highest BCUT2D eigenvalue weighted by molar-refractivity contribution is 7.92. The van der Waals surface area contributed by atoms with E-state index in [1.165, 1.54) is 0 Å². The molecule has 0 aromatic heterocycles. The molecule has 2 unspecified atom stereocenters. The summed E-state index contributed by atoms with van der Waals surface area (Å²) < 4.78 is 25.0. The van der Waals surface area contributed by atoms with Gasteiger partial charge < -0.3 is 5.32 Å². The quantitative estimate of drug-likeness (QED) is 0.893. The van der Waals surface area contributed by atoms with E-state index in [0.29, 0.717) is 11.3 Å². The Balaban J connectivity index is 3.06. The lowest BCUT2D eigenvalue weighted by atomic mass is 10.2. The maximum Gasteiger partial charge on any atom is 0.181 e. The molecule has 0 amide bonds. The van der Waals surface area contributed by atoms with Gasteiger partial charge in [0, 0.05) is 6.04 Å². The van der Waals surface area contributed by atoms with Crippen molar-refractivity contribution in [2.24, 2.45) is 0 Å². The summed E-state index contributed by atoms with van der Waals surface area (Å²) in [6.07, 6.45) is 0.617. The van der Waals surface area contributed by atoms with Crippen LogP contribution < -0.4 is 5.32 Å². The zero-order chi connectivity index (χ0) is 13.9. The zero-order valence-corrected chi connectivity index (χ0v) is 12.6. The van der Waals surface area contributed by atoms with Crippen LogP contribution in [0.25, 0.3) is 0 Å². The molecule has 0 aliphatic rings. The molecule has 0 saturated heterocycles. The third-order valence-electron chi connectivity index (χ3n) is 3.34. The Morgan fingerprint density at radius 1 is 1.22 bits per heavy atom. The van der Waals surface area contributed by atoms with Gasteiger partial charge in [0.05, 0.1) is 10.1 Å². The Bertz CT molecular complexity index is 509. The molecule has 0 radical (unpaired) electrons. The summed E-state index contributed by atoms with van der Waals surface area (Å²) in [5, 5.41) is 2.70. The van der Waals surface area contributed by atoms with Gasteiger partial charge in [0.1, 0.15) is 0 Å². The molecule has 0 aliphatic carbocycles. The average Bonchev–Trinajstić information content (AvgIpc) is 2.28. The first-order valence-electron chi connectivity index (χ1n) is 6.27. The van der Waals surface area contributed by atoms with Gasteiger partial charge in [-0.3, -0.25) is 0 Å². The van der Waals surface area contributed by atoms with Crippen molar-refractivity contribution in [2.45, 2.75) is 50.3 Å². The van der Waals surface area contributed by atoms with E-state index in [2.05, 4.69) is 5.32 Å². The van der Waals surface area contributed by atoms with E-state index in [-0.39, 0.29) is 11.3 Å². The Morgan fingerprint density at radius 2 is 1.83 bits per heavy atom. The predicted octanol–water partition coefficient (Wildman–Crippen LogP) is 2.46. The van der Waals surface area contributed by atoms with Crippen LogP contribution in [0, 0.1) is 13.8 Å². The van der Waals surface area contributed by atoms with E-state index in [4.69, 9.17) is 0 Å². The third kappa shape index (κ3) is 3.33. The molecular formula is C14H23NO2S. The van der Waals surface area contributed by atoms with Crippen LogP contribution in [0.5, 0.6) is 0 Å². The van der Waals surface area contributed by atoms with E-state index in [9.17, 15) is 8.42 Å². The van der Waals surface area contributed by atoms with E-state index in [0.717, 1.165) is 11.1 Å². The van der Waals surface area contributed by atoms with E-state index < -0.39 is 9.84 Å². The largest absolute Gasteiger partial charge is 0.317 e. The first-order valence-corrected chi connectivity index (χ1v) is 7.82. The second kappa shape index (κ2) is 5.85. The highest BCUT2D eigenvalue weighted by atomic mass is 32.2. The van der Waals surface area contributed by atoms with Crippen LogP contribution in [0.15, 0.2) is 23.1 Å². The molecule has 0 saturated carbocycles. The van der Waals surface area contributed by atoms with Crippen molar-refractivity contribution in [3.8, 4) is 0 Å². The first kappa shape index (κ1) is 15.2. The first-order chi connectivity index (χ1) is 8.28. The lowest BCUT2D eigenvalue weighted by Gasteiger charge is -2.18. The van der Waals surface area contributed by atoms with Gasteiger partial charge in [0.15, 0.2) is 9.84 Å². The predicted molar refractivity (Wildman–Crippen MR) is 75.7 cm³/mol. The molecule has 2 atom stereocenters. The third-order valence-corrected chi connectivity index (χ3v) is 5.67. The average molecular weight is 269 g/mol. The van der Waals surface area contributed by atoms with E-state index in [1.807, 2.05) is 40.0 Å². The fraction of sp³-hybridized carbons (Fsp3) is 0.571. The Labute approximate surface area is 111 Å². The van der Waals surface area contributed by atoms with E-state index >= 15 is 0 Å². The zero-order valence-electron chi connectivity index (χ0n) is 11.8. The minimum absolute atomic E-state index is 0.195. The van der Waals surface area contributed by atoms with Crippen molar-refractivity contribution >= 4 is 9.84 Å². The van der Waals surface area contributed by atoms with Gasteiger partial charge in [-0.2, -0.15) is 0 Å². The maximum atomic E-state index is 12.5. The number of nitrogens with one attached hydrogen (secondary N) is 1. The number of benzene rings is 1. The van der Waals surface area contributed by atoms with Crippen LogP contribution >= 0.6 is 0 Å². The van der Waals surface area contributed by atoms with Crippen LogP contribution in [0.2, 0.25) is 0 Å². The fourth-order valence-corrected chi connectivity index (χ4v) is 3.82. The van der Waals surface area contributed by atoms with Crippen LogP contribution in [-0.2, 0) is 9.84 Å². The minimum atomic E-state index is -3.23. The smallest absolute Gasteiger partial charge is 0.181 e. The monoisotopic (exact) mass is 269 g/mol. The fourth-order valence-electron chi connectivity index (χ4n) is 2.08. The lowest BCUT2D eigenvalue weighted by Crippen LogP contribution is -2.30. The van der Waals surface area contributed by atoms with Gasteiger partial charge in [0.25, 0.3) is 0 Å². The van der Waals surface area contributed by atoms with Gasteiger partial charge in [-0.1, -0.05) is 17.7 Å².